The molecule has 1 aromatic rings. The zero-order valence-electron chi connectivity index (χ0n) is 15.1. The molecule has 0 aliphatic carbocycles. The molecular weight excluding hydrogens is 380 g/mol. The highest BCUT2D eigenvalue weighted by Gasteiger charge is 2.33. The van der Waals surface area contributed by atoms with Gasteiger partial charge in [-0.25, -0.2) is 4.79 Å². The van der Waals surface area contributed by atoms with Crippen LogP contribution in [0.3, 0.4) is 0 Å². The van der Waals surface area contributed by atoms with Crippen molar-refractivity contribution in [2.45, 2.75) is 31.7 Å². The van der Waals surface area contributed by atoms with Crippen LogP contribution in [0.4, 0.5) is 4.79 Å². The van der Waals surface area contributed by atoms with Crippen LogP contribution in [0.5, 0.6) is 11.5 Å². The molecule has 0 saturated heterocycles. The van der Waals surface area contributed by atoms with Crippen molar-refractivity contribution in [3.63, 3.8) is 0 Å². The SMILES string of the molecule is CC(Cc1ccc(O)c(O)c1)(NCOC(=O)OCCCCO[N+](=O)[O-])C(=O)O. The first kappa shape index (κ1) is 22.8. The summed E-state index contributed by atoms with van der Waals surface area (Å²) in [6.07, 6.45) is -0.459. The van der Waals surface area contributed by atoms with Gasteiger partial charge >= 0.3 is 12.1 Å². The van der Waals surface area contributed by atoms with Gasteiger partial charge in [0.05, 0.1) is 13.2 Å². The summed E-state index contributed by atoms with van der Waals surface area (Å²) in [7, 11) is 0. The summed E-state index contributed by atoms with van der Waals surface area (Å²) in [5.74, 6) is -1.93. The minimum Gasteiger partial charge on any atom is -0.504 e. The molecule has 0 aliphatic heterocycles. The summed E-state index contributed by atoms with van der Waals surface area (Å²) < 4.78 is 9.49. The molecular formula is C16H22N2O10. The van der Waals surface area contributed by atoms with Crippen LogP contribution in [0.2, 0.25) is 0 Å². The van der Waals surface area contributed by atoms with E-state index in [0.717, 1.165) is 0 Å². The predicted molar refractivity (Wildman–Crippen MR) is 92.1 cm³/mol. The van der Waals surface area contributed by atoms with E-state index in [1.807, 2.05) is 0 Å². The fourth-order valence-corrected chi connectivity index (χ4v) is 2.10. The Balaban J connectivity index is 2.39. The van der Waals surface area contributed by atoms with E-state index >= 15 is 0 Å². The molecule has 156 valence electrons. The molecule has 0 aliphatic rings. The standard InChI is InChI=1S/C16H22N2O10/c1-16(14(21)22,9-11-4-5-12(19)13(20)8-11)17-10-27-15(23)26-6-2-3-7-28-18(24)25/h4-5,8,17,19-20H,2-3,6-7,9-10H2,1H3,(H,21,22). The second-order valence-electron chi connectivity index (χ2n) is 5.96. The number of aliphatic carboxylic acids is 1. The molecule has 1 aromatic carbocycles. The lowest BCUT2D eigenvalue weighted by atomic mass is 9.93. The van der Waals surface area contributed by atoms with Gasteiger partial charge in [-0.05, 0) is 37.5 Å². The lowest BCUT2D eigenvalue weighted by molar-refractivity contribution is -0.757. The van der Waals surface area contributed by atoms with E-state index in [4.69, 9.17) is 9.47 Å². The Morgan fingerprint density at radius 2 is 1.86 bits per heavy atom. The van der Waals surface area contributed by atoms with Crippen molar-refractivity contribution in [1.29, 1.82) is 0 Å². The number of phenols is 2. The van der Waals surface area contributed by atoms with Crippen molar-refractivity contribution in [1.82, 2.24) is 5.32 Å². The average Bonchev–Trinajstić information content (AvgIpc) is 2.60. The number of rotatable bonds is 12. The molecule has 1 atom stereocenters. The van der Waals surface area contributed by atoms with Gasteiger partial charge in [-0.2, -0.15) is 0 Å². The first-order valence-electron chi connectivity index (χ1n) is 8.20. The number of hydrogen-bond acceptors (Lipinski definition) is 10. The van der Waals surface area contributed by atoms with Gasteiger partial charge in [0, 0.05) is 6.42 Å². The van der Waals surface area contributed by atoms with Crippen LogP contribution in [0.25, 0.3) is 0 Å². The van der Waals surface area contributed by atoms with Crippen LogP contribution >= 0.6 is 0 Å². The van der Waals surface area contributed by atoms with E-state index < -0.39 is 29.5 Å². The van der Waals surface area contributed by atoms with Crippen LogP contribution in [-0.4, -0.2) is 58.0 Å². The van der Waals surface area contributed by atoms with Crippen molar-refractivity contribution in [3.8, 4) is 11.5 Å². The number of carbonyl (C=O) groups is 2. The molecule has 0 aromatic heterocycles. The lowest BCUT2D eigenvalue weighted by Gasteiger charge is -2.26. The second-order valence-corrected chi connectivity index (χ2v) is 5.96. The number of nitrogens with one attached hydrogen (secondary N) is 1. The topological polar surface area (TPSA) is 178 Å². The number of aromatic hydroxyl groups is 2. The number of hydrogen-bond donors (Lipinski definition) is 4. The molecule has 12 nitrogen and oxygen atoms in total. The number of unbranched alkanes of at least 4 members (excludes halogenated alkanes) is 1. The van der Waals surface area contributed by atoms with Crippen LogP contribution in [-0.2, 0) is 25.5 Å². The van der Waals surface area contributed by atoms with Gasteiger partial charge in [-0.15, -0.1) is 10.1 Å². The molecule has 28 heavy (non-hydrogen) atoms. The van der Waals surface area contributed by atoms with Crippen molar-refractivity contribution >= 4 is 12.1 Å². The number of ether oxygens (including phenoxy) is 2. The minimum atomic E-state index is -1.52. The van der Waals surface area contributed by atoms with Gasteiger partial charge in [0.15, 0.2) is 11.5 Å². The minimum absolute atomic E-state index is 0.0388. The number of phenolic OH excluding ortho intramolecular Hbond substituents is 2. The van der Waals surface area contributed by atoms with Gasteiger partial charge in [0.2, 0.25) is 0 Å². The van der Waals surface area contributed by atoms with Gasteiger partial charge in [-0.3, -0.25) is 10.1 Å². The van der Waals surface area contributed by atoms with E-state index in [1.165, 1.54) is 25.1 Å². The Labute approximate surface area is 159 Å². The Hall–Kier alpha value is -3.28. The molecule has 0 amide bonds. The van der Waals surface area contributed by atoms with Crippen LogP contribution < -0.4 is 5.32 Å². The maximum atomic E-state index is 11.6. The molecule has 0 fully saturated rings. The summed E-state index contributed by atoms with van der Waals surface area (Å²) in [6.45, 7) is 0.763. The smallest absolute Gasteiger partial charge is 0.504 e. The van der Waals surface area contributed by atoms with Gasteiger partial charge in [0.25, 0.3) is 5.09 Å². The molecule has 0 bridgehead atoms. The average molecular weight is 402 g/mol. The molecule has 0 heterocycles. The Bertz CT molecular complexity index is 696. The van der Waals surface area contributed by atoms with E-state index in [1.54, 1.807) is 0 Å². The molecule has 1 rings (SSSR count). The maximum absolute atomic E-state index is 11.6. The predicted octanol–water partition coefficient (Wildman–Crippen LogP) is 1.17. The third kappa shape index (κ3) is 7.95. The molecule has 4 N–H and O–H groups in total. The number of benzene rings is 1. The third-order valence-electron chi connectivity index (χ3n) is 3.68. The molecule has 12 heteroatoms. The Kier molecular flexibility index (Phi) is 8.75. The fourth-order valence-electron chi connectivity index (χ4n) is 2.10. The van der Waals surface area contributed by atoms with Crippen molar-refractivity contribution < 1.29 is 44.3 Å². The van der Waals surface area contributed by atoms with Crippen molar-refractivity contribution in [3.05, 3.63) is 33.9 Å². The lowest BCUT2D eigenvalue weighted by Crippen LogP contribution is -2.52. The largest absolute Gasteiger partial charge is 0.509 e. The normalized spacial score (nSPS) is 12.6. The second kappa shape index (κ2) is 10.8. The summed E-state index contributed by atoms with van der Waals surface area (Å²) >= 11 is 0. The van der Waals surface area contributed by atoms with E-state index in [9.17, 15) is 35.0 Å². The third-order valence-corrected chi connectivity index (χ3v) is 3.68. The zero-order chi connectivity index (χ0) is 21.2. The number of carboxylic acids is 1. The van der Waals surface area contributed by atoms with Crippen molar-refractivity contribution in [2.75, 3.05) is 19.9 Å². The van der Waals surface area contributed by atoms with Crippen molar-refractivity contribution in [2.24, 2.45) is 0 Å². The number of nitrogens with zero attached hydrogens (tertiary/aromatic N) is 1. The van der Waals surface area contributed by atoms with Gasteiger partial charge in [-0.1, -0.05) is 6.07 Å². The van der Waals surface area contributed by atoms with Gasteiger partial charge < -0.3 is 29.6 Å². The molecule has 0 spiro atoms. The van der Waals surface area contributed by atoms with E-state index in [-0.39, 0.29) is 31.1 Å². The highest BCUT2D eigenvalue weighted by molar-refractivity contribution is 5.78. The van der Waals surface area contributed by atoms with E-state index in [0.29, 0.717) is 18.4 Å². The monoisotopic (exact) mass is 402 g/mol. The Morgan fingerprint density at radius 3 is 2.46 bits per heavy atom. The van der Waals surface area contributed by atoms with Gasteiger partial charge in [0.1, 0.15) is 12.3 Å². The summed E-state index contributed by atoms with van der Waals surface area (Å²) in [5.41, 5.74) is -1.09. The molecule has 0 saturated carbocycles. The maximum Gasteiger partial charge on any atom is 0.509 e. The molecule has 1 unspecified atom stereocenters. The number of carboxylic acid groups (broad SMARTS) is 1. The van der Waals surface area contributed by atoms with Crippen LogP contribution in [0.1, 0.15) is 25.3 Å². The highest BCUT2D eigenvalue weighted by atomic mass is 16.9. The number of carbonyl (C=O) groups excluding carboxylic acids is 1. The van der Waals surface area contributed by atoms with Crippen LogP contribution in [0, 0.1) is 10.1 Å². The first-order chi connectivity index (χ1) is 13.1. The summed E-state index contributed by atoms with van der Waals surface area (Å²) in [6, 6.07) is 3.92. The Morgan fingerprint density at radius 1 is 1.18 bits per heavy atom. The quantitative estimate of drug-likeness (QED) is 0.0985. The zero-order valence-corrected chi connectivity index (χ0v) is 15.1. The summed E-state index contributed by atoms with van der Waals surface area (Å²) in [5, 5.41) is 39.8. The van der Waals surface area contributed by atoms with Crippen LogP contribution in [0.15, 0.2) is 18.2 Å². The highest BCUT2D eigenvalue weighted by Crippen LogP contribution is 2.26. The van der Waals surface area contributed by atoms with E-state index in [2.05, 4.69) is 10.2 Å². The summed E-state index contributed by atoms with van der Waals surface area (Å²) in [4.78, 5) is 37.0. The fraction of sp³-hybridized carbons (Fsp3) is 0.500. The first-order valence-corrected chi connectivity index (χ1v) is 8.20. The molecule has 0 radical (unpaired) electrons.